The second-order valence-corrected chi connectivity index (χ2v) is 4.22. The lowest BCUT2D eigenvalue weighted by atomic mass is 10.6. The number of nitrogens with one attached hydrogen (secondary N) is 2. The number of nitrogens with zero attached hydrogens (tertiary/aromatic N) is 4. The van der Waals surface area contributed by atoms with Gasteiger partial charge < -0.3 is 11.7 Å². The van der Waals surface area contributed by atoms with Gasteiger partial charge in [-0.2, -0.15) is 10.2 Å². The summed E-state index contributed by atoms with van der Waals surface area (Å²) in [4.78, 5) is 0. The van der Waals surface area contributed by atoms with Crippen molar-refractivity contribution in [3.63, 3.8) is 0 Å². The first kappa shape index (κ1) is 13.8. The zero-order valence-electron chi connectivity index (χ0n) is 7.88. The Morgan fingerprint density at radius 3 is 1.60 bits per heavy atom. The molecule has 0 saturated heterocycles. The highest BCUT2D eigenvalue weighted by atomic mass is 32.2. The third-order valence-corrected chi connectivity index (χ3v) is 3.06. The number of thioether (sulfide) groups is 2. The van der Waals surface area contributed by atoms with Crippen LogP contribution >= 0.6 is 23.5 Å². The van der Waals surface area contributed by atoms with Gasteiger partial charge in [-0.15, -0.1) is 10.2 Å². The largest absolute Gasteiger partial charge is 0.321 e. The number of hydrazone groups is 2. The number of rotatable bonds is 4. The van der Waals surface area contributed by atoms with Crippen LogP contribution in [0.15, 0.2) is 20.4 Å². The second-order valence-electron chi connectivity index (χ2n) is 2.10. The summed E-state index contributed by atoms with van der Waals surface area (Å²) in [5.41, 5.74) is 13.4. The topological polar surface area (TPSA) is 149 Å². The van der Waals surface area contributed by atoms with E-state index >= 15 is 0 Å². The van der Waals surface area contributed by atoms with Crippen molar-refractivity contribution in [3.05, 3.63) is 0 Å². The maximum Gasteiger partial charge on any atom is 0.226 e. The van der Waals surface area contributed by atoms with Crippen LogP contribution < -0.4 is 11.7 Å². The molecule has 0 aromatic heterocycles. The van der Waals surface area contributed by atoms with Crippen LogP contribution in [0.2, 0.25) is 0 Å². The summed E-state index contributed by atoms with van der Waals surface area (Å²) in [5, 5.41) is 13.3. The van der Waals surface area contributed by atoms with E-state index in [2.05, 4.69) is 20.4 Å². The SMILES string of the molecule is N=NC(=NN)SCCCSC(N=N)=NN. The lowest BCUT2D eigenvalue weighted by molar-refractivity contribution is 1.12. The van der Waals surface area contributed by atoms with Gasteiger partial charge >= 0.3 is 0 Å². The van der Waals surface area contributed by atoms with Gasteiger partial charge in [0.15, 0.2) is 0 Å². The van der Waals surface area contributed by atoms with E-state index in [0.717, 1.165) is 17.9 Å². The lowest BCUT2D eigenvalue weighted by Crippen LogP contribution is -1.97. The van der Waals surface area contributed by atoms with Crippen molar-refractivity contribution in [3.8, 4) is 0 Å². The minimum Gasteiger partial charge on any atom is -0.321 e. The van der Waals surface area contributed by atoms with Gasteiger partial charge in [0.25, 0.3) is 0 Å². The van der Waals surface area contributed by atoms with Crippen LogP contribution in [0, 0.1) is 11.1 Å². The van der Waals surface area contributed by atoms with Gasteiger partial charge in [0.2, 0.25) is 10.3 Å². The molecule has 0 rings (SSSR count). The Hall–Kier alpha value is -1.16. The van der Waals surface area contributed by atoms with Gasteiger partial charge in [0.05, 0.1) is 0 Å². The molecule has 0 aliphatic carbocycles. The van der Waals surface area contributed by atoms with Crippen LogP contribution in [0.4, 0.5) is 0 Å². The Labute approximate surface area is 95.3 Å². The molecule has 0 bridgehead atoms. The lowest BCUT2D eigenvalue weighted by Gasteiger charge is -1.98. The van der Waals surface area contributed by atoms with Crippen LogP contribution in [-0.2, 0) is 0 Å². The molecule has 0 fully saturated rings. The molecule has 0 radical (unpaired) electrons. The molecule has 10 heteroatoms. The fourth-order valence-corrected chi connectivity index (χ4v) is 1.99. The van der Waals surface area contributed by atoms with Gasteiger partial charge in [0.1, 0.15) is 0 Å². The van der Waals surface area contributed by atoms with Crippen LogP contribution in [0.25, 0.3) is 0 Å². The molecule has 0 aliphatic rings. The number of amidine groups is 2. The molecule has 0 spiro atoms. The van der Waals surface area contributed by atoms with E-state index in [1.807, 2.05) is 0 Å². The summed E-state index contributed by atoms with van der Waals surface area (Å²) in [6, 6.07) is 0. The molecule has 15 heavy (non-hydrogen) atoms. The molecule has 84 valence electrons. The van der Waals surface area contributed by atoms with Crippen molar-refractivity contribution >= 4 is 33.9 Å². The zero-order chi connectivity index (χ0) is 11.5. The Morgan fingerprint density at radius 2 is 1.33 bits per heavy atom. The van der Waals surface area contributed by atoms with E-state index in [0.29, 0.717) is 0 Å². The highest BCUT2D eigenvalue weighted by Gasteiger charge is 2.00. The minimum absolute atomic E-state index is 0.248. The summed E-state index contributed by atoms with van der Waals surface area (Å²) < 4.78 is 0. The van der Waals surface area contributed by atoms with Crippen molar-refractivity contribution in [1.29, 1.82) is 11.1 Å². The predicted molar refractivity (Wildman–Crippen MR) is 63.1 cm³/mol. The Balaban J connectivity index is 3.55. The van der Waals surface area contributed by atoms with Gasteiger partial charge in [-0.1, -0.05) is 23.5 Å². The van der Waals surface area contributed by atoms with Crippen molar-refractivity contribution in [2.24, 2.45) is 32.1 Å². The molecule has 0 amide bonds. The molecule has 6 N–H and O–H groups in total. The summed E-state index contributed by atoms with van der Waals surface area (Å²) >= 11 is 2.59. The maximum atomic E-state index is 6.68. The molecule has 0 aromatic rings. The fourth-order valence-electron chi connectivity index (χ4n) is 0.583. The summed E-state index contributed by atoms with van der Waals surface area (Å²) in [7, 11) is 0. The molecule has 0 heterocycles. The third kappa shape index (κ3) is 6.85. The summed E-state index contributed by atoms with van der Waals surface area (Å²) in [6.07, 6.45) is 0.832. The van der Waals surface area contributed by atoms with Crippen molar-refractivity contribution in [2.45, 2.75) is 6.42 Å². The minimum atomic E-state index is 0.248. The second kappa shape index (κ2) is 9.40. The van der Waals surface area contributed by atoms with Gasteiger partial charge in [0, 0.05) is 11.5 Å². The molecule has 0 saturated carbocycles. The van der Waals surface area contributed by atoms with Crippen LogP contribution in [0.3, 0.4) is 0 Å². The van der Waals surface area contributed by atoms with E-state index in [9.17, 15) is 0 Å². The summed E-state index contributed by atoms with van der Waals surface area (Å²) in [5.74, 6) is 11.4. The highest BCUT2D eigenvalue weighted by molar-refractivity contribution is 8.14. The zero-order valence-corrected chi connectivity index (χ0v) is 9.51. The number of nitrogens with two attached hydrogens (primary N) is 2. The molecule has 0 atom stereocenters. The average molecular weight is 248 g/mol. The third-order valence-electron chi connectivity index (χ3n) is 1.16. The molecule has 0 aliphatic heterocycles. The van der Waals surface area contributed by atoms with Crippen molar-refractivity contribution < 1.29 is 0 Å². The van der Waals surface area contributed by atoms with E-state index < -0.39 is 0 Å². The molecule has 0 unspecified atom stereocenters. The predicted octanol–water partition coefficient (Wildman–Crippen LogP) is 1.36. The normalized spacial score (nSPS) is 12.5. The van der Waals surface area contributed by atoms with E-state index in [4.69, 9.17) is 22.7 Å². The van der Waals surface area contributed by atoms with Crippen LogP contribution in [-0.4, -0.2) is 21.8 Å². The first-order chi connectivity index (χ1) is 7.28. The fraction of sp³-hybridized carbons (Fsp3) is 0.600. The first-order valence-corrected chi connectivity index (χ1v) is 5.81. The standard InChI is InChI=1S/C5H12N8S2/c6-10-4(11-7)14-2-1-3-15-5(12-8)13-9/h6,8H,1-3,7,9H2. The number of hydrogen-bond acceptors (Lipinski definition) is 8. The van der Waals surface area contributed by atoms with E-state index in [1.165, 1.54) is 23.5 Å². The average Bonchev–Trinajstić information content (AvgIpc) is 2.29. The van der Waals surface area contributed by atoms with Gasteiger partial charge in [-0.25, -0.2) is 11.1 Å². The quantitative estimate of drug-likeness (QED) is 0.148. The maximum absolute atomic E-state index is 6.68. The Kier molecular flexibility index (Phi) is 8.67. The van der Waals surface area contributed by atoms with Gasteiger partial charge in [-0.05, 0) is 6.42 Å². The smallest absolute Gasteiger partial charge is 0.226 e. The Morgan fingerprint density at radius 1 is 0.933 bits per heavy atom. The molecular formula is C5H12N8S2. The van der Waals surface area contributed by atoms with Crippen LogP contribution in [0.1, 0.15) is 6.42 Å². The highest BCUT2D eigenvalue weighted by Crippen LogP contribution is 2.11. The number of hydrogen-bond donors (Lipinski definition) is 4. The van der Waals surface area contributed by atoms with Crippen LogP contribution in [0.5, 0.6) is 0 Å². The molecule has 8 nitrogen and oxygen atoms in total. The molecule has 0 aromatic carbocycles. The Bertz CT molecular complexity index is 236. The first-order valence-electron chi connectivity index (χ1n) is 3.84. The monoisotopic (exact) mass is 248 g/mol. The summed E-state index contributed by atoms with van der Waals surface area (Å²) in [6.45, 7) is 0. The van der Waals surface area contributed by atoms with E-state index in [1.54, 1.807) is 0 Å². The van der Waals surface area contributed by atoms with Gasteiger partial charge in [-0.3, -0.25) is 0 Å². The van der Waals surface area contributed by atoms with E-state index in [-0.39, 0.29) is 10.3 Å². The van der Waals surface area contributed by atoms with Crippen molar-refractivity contribution in [2.75, 3.05) is 11.5 Å². The molecular weight excluding hydrogens is 236 g/mol. The van der Waals surface area contributed by atoms with Crippen molar-refractivity contribution in [1.82, 2.24) is 0 Å².